The van der Waals surface area contributed by atoms with Crippen LogP contribution in [0, 0.1) is 12.8 Å². The Morgan fingerprint density at radius 2 is 2.24 bits per heavy atom. The SMILES string of the molecule is Cc1ncc(NC(=O)N2CCC[C@@H](Cn3ccnn3)C2)c(C2CC2)n1. The second-order valence-electron chi connectivity index (χ2n) is 7.00. The lowest BCUT2D eigenvalue weighted by atomic mass is 9.98. The number of carbonyl (C=O) groups excluding carboxylic acids is 1. The van der Waals surface area contributed by atoms with E-state index in [0.29, 0.717) is 11.8 Å². The number of aromatic nitrogens is 5. The first-order valence-electron chi connectivity index (χ1n) is 8.92. The number of urea groups is 1. The summed E-state index contributed by atoms with van der Waals surface area (Å²) in [6, 6.07) is -0.0577. The molecule has 25 heavy (non-hydrogen) atoms. The van der Waals surface area contributed by atoms with Gasteiger partial charge in [-0.3, -0.25) is 4.68 Å². The van der Waals surface area contributed by atoms with Crippen LogP contribution in [0.5, 0.6) is 0 Å². The number of likely N-dealkylation sites (tertiary alicyclic amines) is 1. The lowest BCUT2D eigenvalue weighted by molar-refractivity contribution is 0.168. The summed E-state index contributed by atoms with van der Waals surface area (Å²) in [5.74, 6) is 1.63. The number of piperidine rings is 1. The molecule has 8 heteroatoms. The van der Waals surface area contributed by atoms with Gasteiger partial charge in [0.15, 0.2) is 0 Å². The van der Waals surface area contributed by atoms with Gasteiger partial charge in [0.25, 0.3) is 0 Å². The van der Waals surface area contributed by atoms with Gasteiger partial charge in [-0.25, -0.2) is 14.8 Å². The van der Waals surface area contributed by atoms with Gasteiger partial charge in [0, 0.05) is 31.7 Å². The molecule has 8 nitrogen and oxygen atoms in total. The molecule has 1 atom stereocenters. The van der Waals surface area contributed by atoms with Crippen molar-refractivity contribution in [2.24, 2.45) is 5.92 Å². The van der Waals surface area contributed by atoms with Crippen molar-refractivity contribution < 1.29 is 4.79 Å². The molecule has 2 amide bonds. The zero-order chi connectivity index (χ0) is 17.2. The standard InChI is InChI=1S/C17H23N7O/c1-12-18-9-15(16(20-12)14-4-5-14)21-17(25)23-7-2-3-13(10-23)11-24-8-6-19-22-24/h6,8-9,13-14H,2-5,7,10-11H2,1H3,(H,21,25)/t13-/m1/s1. The zero-order valence-electron chi connectivity index (χ0n) is 14.4. The Hall–Kier alpha value is -2.51. The second-order valence-corrected chi connectivity index (χ2v) is 7.00. The lowest BCUT2D eigenvalue weighted by Crippen LogP contribution is -2.43. The summed E-state index contributed by atoms with van der Waals surface area (Å²) in [4.78, 5) is 23.4. The van der Waals surface area contributed by atoms with Crippen LogP contribution in [0.2, 0.25) is 0 Å². The van der Waals surface area contributed by atoms with E-state index in [9.17, 15) is 4.79 Å². The van der Waals surface area contributed by atoms with Gasteiger partial charge in [-0.2, -0.15) is 0 Å². The third-order valence-electron chi connectivity index (χ3n) is 4.87. The largest absolute Gasteiger partial charge is 0.324 e. The van der Waals surface area contributed by atoms with Gasteiger partial charge in [-0.1, -0.05) is 5.21 Å². The molecule has 1 aliphatic heterocycles. The van der Waals surface area contributed by atoms with Crippen molar-refractivity contribution in [3.8, 4) is 0 Å². The minimum absolute atomic E-state index is 0.0577. The molecule has 0 bridgehead atoms. The number of rotatable bonds is 4. The Bertz CT molecular complexity index is 741. The molecule has 0 unspecified atom stereocenters. The fourth-order valence-electron chi connectivity index (χ4n) is 3.44. The molecule has 1 saturated carbocycles. The van der Waals surface area contributed by atoms with Crippen LogP contribution in [-0.2, 0) is 6.54 Å². The van der Waals surface area contributed by atoms with Crippen molar-refractivity contribution >= 4 is 11.7 Å². The van der Waals surface area contributed by atoms with Gasteiger partial charge in [0.05, 0.1) is 23.8 Å². The van der Waals surface area contributed by atoms with E-state index in [1.54, 1.807) is 12.4 Å². The third-order valence-corrected chi connectivity index (χ3v) is 4.87. The molecule has 3 heterocycles. The molecule has 0 radical (unpaired) electrons. The Balaban J connectivity index is 1.41. The van der Waals surface area contributed by atoms with Crippen LogP contribution in [0.3, 0.4) is 0 Å². The normalized spacial score (nSPS) is 20.5. The molecule has 0 aromatic carbocycles. The molecule has 4 rings (SSSR count). The number of anilines is 1. The van der Waals surface area contributed by atoms with E-state index < -0.39 is 0 Å². The van der Waals surface area contributed by atoms with Crippen LogP contribution in [0.25, 0.3) is 0 Å². The van der Waals surface area contributed by atoms with Crippen molar-refractivity contribution in [3.63, 3.8) is 0 Å². The maximum Gasteiger partial charge on any atom is 0.321 e. The number of hydrogen-bond donors (Lipinski definition) is 1. The highest BCUT2D eigenvalue weighted by molar-refractivity contribution is 5.90. The number of carbonyl (C=O) groups is 1. The van der Waals surface area contributed by atoms with Crippen molar-refractivity contribution in [1.29, 1.82) is 0 Å². The first-order chi connectivity index (χ1) is 12.2. The van der Waals surface area contributed by atoms with Crippen molar-refractivity contribution in [3.05, 3.63) is 30.1 Å². The smallest absolute Gasteiger partial charge is 0.321 e. The van der Waals surface area contributed by atoms with Gasteiger partial charge in [-0.15, -0.1) is 5.10 Å². The zero-order valence-corrected chi connectivity index (χ0v) is 14.4. The predicted molar refractivity (Wildman–Crippen MR) is 92.1 cm³/mol. The fraction of sp³-hybridized carbons (Fsp3) is 0.588. The number of nitrogens with zero attached hydrogens (tertiary/aromatic N) is 6. The minimum Gasteiger partial charge on any atom is -0.324 e. The molecule has 2 aromatic heterocycles. The summed E-state index contributed by atoms with van der Waals surface area (Å²) in [5, 5.41) is 10.9. The van der Waals surface area contributed by atoms with Crippen LogP contribution in [0.1, 0.15) is 43.1 Å². The van der Waals surface area contributed by atoms with Crippen LogP contribution in [0.15, 0.2) is 18.6 Å². The molecule has 2 aromatic rings. The number of hydrogen-bond acceptors (Lipinski definition) is 5. The van der Waals surface area contributed by atoms with Crippen LogP contribution in [-0.4, -0.2) is 49.0 Å². The van der Waals surface area contributed by atoms with E-state index >= 15 is 0 Å². The summed E-state index contributed by atoms with van der Waals surface area (Å²) in [5.41, 5.74) is 1.74. The number of amides is 2. The first-order valence-corrected chi connectivity index (χ1v) is 8.92. The van der Waals surface area contributed by atoms with Crippen LogP contribution >= 0.6 is 0 Å². The van der Waals surface area contributed by atoms with E-state index in [2.05, 4.69) is 25.6 Å². The number of aryl methyl sites for hydroxylation is 1. The van der Waals surface area contributed by atoms with Crippen molar-refractivity contribution in [1.82, 2.24) is 29.9 Å². The Morgan fingerprint density at radius 1 is 1.36 bits per heavy atom. The molecule has 132 valence electrons. The van der Waals surface area contributed by atoms with E-state index in [4.69, 9.17) is 0 Å². The van der Waals surface area contributed by atoms with E-state index in [1.165, 1.54) is 0 Å². The molecular weight excluding hydrogens is 318 g/mol. The van der Waals surface area contributed by atoms with Crippen molar-refractivity contribution in [2.75, 3.05) is 18.4 Å². The molecular formula is C17H23N7O. The fourth-order valence-corrected chi connectivity index (χ4v) is 3.44. The molecule has 1 saturated heterocycles. The average Bonchev–Trinajstić information content (AvgIpc) is 3.34. The summed E-state index contributed by atoms with van der Waals surface area (Å²) in [6.45, 7) is 4.20. The molecule has 2 aliphatic rings. The Labute approximate surface area is 146 Å². The summed E-state index contributed by atoms with van der Waals surface area (Å²) in [6.07, 6.45) is 9.68. The highest BCUT2D eigenvalue weighted by Crippen LogP contribution is 2.42. The second kappa shape index (κ2) is 6.78. The molecule has 1 aliphatic carbocycles. The van der Waals surface area contributed by atoms with E-state index in [0.717, 1.165) is 62.5 Å². The van der Waals surface area contributed by atoms with Gasteiger partial charge in [0.1, 0.15) is 5.82 Å². The highest BCUT2D eigenvalue weighted by Gasteiger charge is 2.30. The third kappa shape index (κ3) is 3.78. The van der Waals surface area contributed by atoms with E-state index in [1.807, 2.05) is 22.7 Å². The predicted octanol–water partition coefficient (Wildman–Crippen LogP) is 2.20. The number of nitrogens with one attached hydrogen (secondary N) is 1. The first kappa shape index (κ1) is 16.0. The van der Waals surface area contributed by atoms with Gasteiger partial charge in [0.2, 0.25) is 0 Å². The highest BCUT2D eigenvalue weighted by atomic mass is 16.2. The quantitative estimate of drug-likeness (QED) is 0.921. The molecule has 0 spiro atoms. The minimum atomic E-state index is -0.0577. The maximum absolute atomic E-state index is 12.7. The Morgan fingerprint density at radius 3 is 3.00 bits per heavy atom. The van der Waals surface area contributed by atoms with Crippen molar-refractivity contribution in [2.45, 2.75) is 45.1 Å². The van der Waals surface area contributed by atoms with Gasteiger partial charge in [-0.05, 0) is 38.5 Å². The van der Waals surface area contributed by atoms with E-state index in [-0.39, 0.29) is 6.03 Å². The topological polar surface area (TPSA) is 88.8 Å². The van der Waals surface area contributed by atoms with Gasteiger partial charge >= 0.3 is 6.03 Å². The molecule has 1 N–H and O–H groups in total. The van der Waals surface area contributed by atoms with Gasteiger partial charge < -0.3 is 10.2 Å². The summed E-state index contributed by atoms with van der Waals surface area (Å²) < 4.78 is 1.84. The Kier molecular flexibility index (Phi) is 4.33. The van der Waals surface area contributed by atoms with Crippen LogP contribution in [0.4, 0.5) is 10.5 Å². The average molecular weight is 341 g/mol. The summed E-state index contributed by atoms with van der Waals surface area (Å²) >= 11 is 0. The molecule has 2 fully saturated rings. The maximum atomic E-state index is 12.7. The lowest BCUT2D eigenvalue weighted by Gasteiger charge is -2.32. The van der Waals surface area contributed by atoms with Crippen LogP contribution < -0.4 is 5.32 Å². The monoisotopic (exact) mass is 341 g/mol. The summed E-state index contributed by atoms with van der Waals surface area (Å²) in [7, 11) is 0.